The molecule has 0 atom stereocenters. The summed E-state index contributed by atoms with van der Waals surface area (Å²) >= 11 is 0. The van der Waals surface area contributed by atoms with Gasteiger partial charge in [-0.1, -0.05) is 5.16 Å². The molecule has 0 aliphatic heterocycles. The second-order valence-corrected chi connectivity index (χ2v) is 3.38. The summed E-state index contributed by atoms with van der Waals surface area (Å²) in [5, 5.41) is 6.10. The van der Waals surface area contributed by atoms with Crippen molar-refractivity contribution < 1.29 is 17.7 Å². The van der Waals surface area contributed by atoms with Crippen LogP contribution >= 0.6 is 0 Å². The minimum Gasteiger partial charge on any atom is -0.360 e. The SMILES string of the molecule is Cc1cc(CNc2nc(F)c(F)cc2F)on1. The highest BCUT2D eigenvalue weighted by Gasteiger charge is 2.11. The number of nitrogens with one attached hydrogen (secondary N) is 1. The van der Waals surface area contributed by atoms with E-state index in [4.69, 9.17) is 4.52 Å². The molecular weight excluding hydrogens is 235 g/mol. The second kappa shape index (κ2) is 4.44. The largest absolute Gasteiger partial charge is 0.360 e. The molecule has 2 aromatic heterocycles. The Morgan fingerprint density at radius 3 is 2.65 bits per heavy atom. The monoisotopic (exact) mass is 243 g/mol. The van der Waals surface area contributed by atoms with Gasteiger partial charge in [-0.15, -0.1) is 0 Å². The van der Waals surface area contributed by atoms with Crippen LogP contribution in [0.2, 0.25) is 0 Å². The first-order valence-corrected chi connectivity index (χ1v) is 4.74. The first kappa shape index (κ1) is 11.4. The van der Waals surface area contributed by atoms with Crippen LogP contribution in [-0.2, 0) is 6.54 Å². The van der Waals surface area contributed by atoms with Crippen LogP contribution in [0.1, 0.15) is 11.5 Å². The summed E-state index contributed by atoms with van der Waals surface area (Å²) in [4.78, 5) is 3.10. The van der Waals surface area contributed by atoms with E-state index in [9.17, 15) is 13.2 Å². The molecule has 0 spiro atoms. The third-order valence-electron chi connectivity index (χ3n) is 1.99. The lowest BCUT2D eigenvalue weighted by Crippen LogP contribution is -2.05. The van der Waals surface area contributed by atoms with Crippen molar-refractivity contribution in [1.82, 2.24) is 10.1 Å². The van der Waals surface area contributed by atoms with Gasteiger partial charge in [0.05, 0.1) is 12.2 Å². The summed E-state index contributed by atoms with van der Waals surface area (Å²) in [6.45, 7) is 1.80. The van der Waals surface area contributed by atoms with Crippen molar-refractivity contribution in [1.29, 1.82) is 0 Å². The van der Waals surface area contributed by atoms with Gasteiger partial charge >= 0.3 is 0 Å². The van der Waals surface area contributed by atoms with Crippen LogP contribution < -0.4 is 5.32 Å². The molecule has 2 rings (SSSR count). The van der Waals surface area contributed by atoms with Crippen LogP contribution in [0.5, 0.6) is 0 Å². The van der Waals surface area contributed by atoms with Gasteiger partial charge in [-0.25, -0.2) is 8.78 Å². The molecule has 0 radical (unpaired) electrons. The number of hydrogen-bond donors (Lipinski definition) is 1. The number of hydrogen-bond acceptors (Lipinski definition) is 4. The molecule has 4 nitrogen and oxygen atoms in total. The molecule has 0 bridgehead atoms. The smallest absolute Gasteiger partial charge is 0.251 e. The normalized spacial score (nSPS) is 10.6. The van der Waals surface area contributed by atoms with Gasteiger partial charge in [-0.2, -0.15) is 9.37 Å². The van der Waals surface area contributed by atoms with Crippen LogP contribution in [0.4, 0.5) is 19.0 Å². The summed E-state index contributed by atoms with van der Waals surface area (Å²) < 4.78 is 43.4. The van der Waals surface area contributed by atoms with Crippen molar-refractivity contribution in [2.75, 3.05) is 5.32 Å². The van der Waals surface area contributed by atoms with E-state index < -0.39 is 17.6 Å². The Kier molecular flexibility index (Phi) is 2.99. The van der Waals surface area contributed by atoms with E-state index in [0.29, 0.717) is 17.5 Å². The number of halogens is 3. The number of aromatic nitrogens is 2. The fourth-order valence-electron chi connectivity index (χ4n) is 1.24. The van der Waals surface area contributed by atoms with Crippen LogP contribution in [-0.4, -0.2) is 10.1 Å². The van der Waals surface area contributed by atoms with E-state index in [2.05, 4.69) is 15.5 Å². The van der Waals surface area contributed by atoms with Crippen LogP contribution in [0.25, 0.3) is 0 Å². The molecule has 2 aromatic rings. The minimum absolute atomic E-state index is 0.0792. The molecule has 0 saturated heterocycles. The van der Waals surface area contributed by atoms with Gasteiger partial charge in [0.25, 0.3) is 5.95 Å². The zero-order valence-electron chi connectivity index (χ0n) is 8.80. The van der Waals surface area contributed by atoms with Crippen LogP contribution in [0.3, 0.4) is 0 Å². The van der Waals surface area contributed by atoms with Crippen molar-refractivity contribution in [2.45, 2.75) is 13.5 Å². The van der Waals surface area contributed by atoms with Crippen molar-refractivity contribution >= 4 is 5.82 Å². The zero-order chi connectivity index (χ0) is 12.4. The highest BCUT2D eigenvalue weighted by Crippen LogP contribution is 2.15. The van der Waals surface area contributed by atoms with Gasteiger partial charge in [-0.3, -0.25) is 0 Å². The van der Waals surface area contributed by atoms with Crippen molar-refractivity contribution in [3.05, 3.63) is 41.2 Å². The van der Waals surface area contributed by atoms with E-state index in [1.807, 2.05) is 0 Å². The van der Waals surface area contributed by atoms with Gasteiger partial charge in [0, 0.05) is 12.1 Å². The van der Waals surface area contributed by atoms with Gasteiger partial charge in [-0.05, 0) is 6.92 Å². The first-order valence-electron chi connectivity index (χ1n) is 4.74. The van der Waals surface area contributed by atoms with E-state index >= 15 is 0 Å². The third-order valence-corrected chi connectivity index (χ3v) is 1.99. The number of aryl methyl sites for hydroxylation is 1. The second-order valence-electron chi connectivity index (χ2n) is 3.38. The third kappa shape index (κ3) is 2.55. The average Bonchev–Trinajstić information content (AvgIpc) is 2.68. The Hall–Kier alpha value is -2.05. The Balaban J connectivity index is 2.11. The molecule has 17 heavy (non-hydrogen) atoms. The quantitative estimate of drug-likeness (QED) is 0.841. The maximum atomic E-state index is 13.2. The molecule has 0 aliphatic rings. The summed E-state index contributed by atoms with van der Waals surface area (Å²) in [5.74, 6) is -3.60. The molecule has 0 aliphatic carbocycles. The highest BCUT2D eigenvalue weighted by molar-refractivity contribution is 5.36. The van der Waals surface area contributed by atoms with Gasteiger partial charge in [0.2, 0.25) is 0 Å². The Morgan fingerprint density at radius 2 is 2.00 bits per heavy atom. The molecule has 2 heterocycles. The summed E-state index contributed by atoms with van der Waals surface area (Å²) in [6, 6.07) is 2.06. The lowest BCUT2D eigenvalue weighted by molar-refractivity contribution is 0.383. The maximum Gasteiger partial charge on any atom is 0.251 e. The van der Waals surface area contributed by atoms with E-state index in [0.717, 1.165) is 0 Å². The summed E-state index contributed by atoms with van der Waals surface area (Å²) in [5.41, 5.74) is 0.667. The molecule has 7 heteroatoms. The summed E-state index contributed by atoms with van der Waals surface area (Å²) in [7, 11) is 0. The van der Waals surface area contributed by atoms with Crippen LogP contribution in [0.15, 0.2) is 16.7 Å². The Morgan fingerprint density at radius 1 is 1.24 bits per heavy atom. The first-order chi connectivity index (χ1) is 8.06. The average molecular weight is 243 g/mol. The van der Waals surface area contributed by atoms with Crippen molar-refractivity contribution in [3.63, 3.8) is 0 Å². The number of pyridine rings is 1. The predicted octanol–water partition coefficient (Wildman–Crippen LogP) is 2.41. The number of nitrogens with zero attached hydrogens (tertiary/aromatic N) is 2. The molecule has 1 N–H and O–H groups in total. The summed E-state index contributed by atoms with van der Waals surface area (Å²) in [6.07, 6.45) is 0. The fraction of sp³-hybridized carbons (Fsp3) is 0.200. The molecule has 0 fully saturated rings. The lowest BCUT2D eigenvalue weighted by Gasteiger charge is -2.04. The van der Waals surface area contributed by atoms with E-state index in [1.54, 1.807) is 13.0 Å². The van der Waals surface area contributed by atoms with Crippen molar-refractivity contribution in [3.8, 4) is 0 Å². The lowest BCUT2D eigenvalue weighted by atomic mass is 10.3. The van der Waals surface area contributed by atoms with Gasteiger partial charge in [0.15, 0.2) is 23.2 Å². The Bertz CT molecular complexity index is 542. The molecule has 0 aromatic carbocycles. The highest BCUT2D eigenvalue weighted by atomic mass is 19.2. The van der Waals surface area contributed by atoms with Gasteiger partial charge < -0.3 is 9.84 Å². The van der Waals surface area contributed by atoms with Crippen LogP contribution in [0, 0.1) is 24.5 Å². The van der Waals surface area contributed by atoms with Crippen molar-refractivity contribution in [2.24, 2.45) is 0 Å². The molecule has 0 unspecified atom stereocenters. The fourth-order valence-corrected chi connectivity index (χ4v) is 1.24. The number of rotatable bonds is 3. The van der Waals surface area contributed by atoms with Gasteiger partial charge in [0.1, 0.15) is 0 Å². The zero-order valence-corrected chi connectivity index (χ0v) is 8.80. The Labute approximate surface area is 94.4 Å². The molecule has 0 saturated carbocycles. The van der Waals surface area contributed by atoms with E-state index in [-0.39, 0.29) is 12.4 Å². The number of anilines is 1. The predicted molar refractivity (Wildman–Crippen MR) is 52.7 cm³/mol. The van der Waals surface area contributed by atoms with E-state index in [1.165, 1.54) is 0 Å². The standard InChI is InChI=1S/C10H8F3N3O/c1-5-2-6(17-16-5)4-14-10-8(12)3-7(11)9(13)15-10/h2-3H,4H2,1H3,(H,14,15). The molecule has 0 amide bonds. The topological polar surface area (TPSA) is 51.0 Å². The molecular formula is C10H8F3N3O. The molecule has 90 valence electrons. The maximum absolute atomic E-state index is 13.2. The minimum atomic E-state index is -1.36.